The SMILES string of the molecule is CN(Cc1cccc(Cl)c1)C(N)=NN. The van der Waals surface area contributed by atoms with Crippen molar-refractivity contribution in [1.29, 1.82) is 0 Å². The number of nitrogens with two attached hydrogens (primary N) is 2. The van der Waals surface area contributed by atoms with Crippen LogP contribution in [0.1, 0.15) is 5.56 Å². The van der Waals surface area contributed by atoms with E-state index in [-0.39, 0.29) is 0 Å². The van der Waals surface area contributed by atoms with Gasteiger partial charge in [0.2, 0.25) is 5.96 Å². The van der Waals surface area contributed by atoms with Gasteiger partial charge < -0.3 is 16.5 Å². The van der Waals surface area contributed by atoms with E-state index in [1.807, 2.05) is 31.3 Å². The molecule has 14 heavy (non-hydrogen) atoms. The second-order valence-corrected chi connectivity index (χ2v) is 3.41. The second kappa shape index (κ2) is 4.72. The summed E-state index contributed by atoms with van der Waals surface area (Å²) in [4.78, 5) is 1.74. The van der Waals surface area contributed by atoms with Crippen LogP contribution in [0.5, 0.6) is 0 Å². The monoisotopic (exact) mass is 212 g/mol. The highest BCUT2D eigenvalue weighted by Gasteiger charge is 2.02. The van der Waals surface area contributed by atoms with Crippen molar-refractivity contribution in [3.8, 4) is 0 Å². The summed E-state index contributed by atoms with van der Waals surface area (Å²) in [7, 11) is 1.81. The molecule has 0 fully saturated rings. The molecule has 0 aliphatic carbocycles. The van der Waals surface area contributed by atoms with Gasteiger partial charge >= 0.3 is 0 Å². The summed E-state index contributed by atoms with van der Waals surface area (Å²) in [5, 5.41) is 4.10. The lowest BCUT2D eigenvalue weighted by Gasteiger charge is -2.17. The number of rotatable bonds is 2. The van der Waals surface area contributed by atoms with Crippen molar-refractivity contribution in [1.82, 2.24) is 4.90 Å². The number of nitrogens with zero attached hydrogens (tertiary/aromatic N) is 2. The minimum atomic E-state index is 0.296. The second-order valence-electron chi connectivity index (χ2n) is 2.97. The van der Waals surface area contributed by atoms with Gasteiger partial charge in [-0.3, -0.25) is 0 Å². The molecule has 0 heterocycles. The molecule has 0 radical (unpaired) electrons. The first-order valence-electron chi connectivity index (χ1n) is 4.12. The number of hydrazone groups is 1. The van der Waals surface area contributed by atoms with Crippen LogP contribution in [0.2, 0.25) is 5.02 Å². The number of halogens is 1. The molecule has 0 saturated carbocycles. The summed E-state index contributed by atoms with van der Waals surface area (Å²) in [6.07, 6.45) is 0. The minimum Gasteiger partial charge on any atom is -0.368 e. The van der Waals surface area contributed by atoms with Crippen molar-refractivity contribution in [3.63, 3.8) is 0 Å². The molecular weight excluding hydrogens is 200 g/mol. The molecule has 0 atom stereocenters. The maximum absolute atomic E-state index is 5.84. The fraction of sp³-hybridized carbons (Fsp3) is 0.222. The molecular formula is C9H13ClN4. The Labute approximate surface area is 88.1 Å². The molecule has 0 saturated heterocycles. The average molecular weight is 213 g/mol. The molecule has 5 heteroatoms. The van der Waals surface area contributed by atoms with Crippen LogP contribution in [-0.2, 0) is 6.54 Å². The predicted octanol–water partition coefficient (Wildman–Crippen LogP) is 0.960. The Hall–Kier alpha value is -1.42. The van der Waals surface area contributed by atoms with Gasteiger partial charge in [-0.05, 0) is 17.7 Å². The normalized spacial score (nSPS) is 11.4. The Kier molecular flexibility index (Phi) is 3.59. The van der Waals surface area contributed by atoms with Gasteiger partial charge in [0, 0.05) is 18.6 Å². The van der Waals surface area contributed by atoms with Crippen LogP contribution in [0.4, 0.5) is 0 Å². The van der Waals surface area contributed by atoms with Crippen LogP contribution in [0.3, 0.4) is 0 Å². The molecule has 0 amide bonds. The summed E-state index contributed by atoms with van der Waals surface area (Å²) in [6.45, 7) is 0.632. The number of hydrogen-bond donors (Lipinski definition) is 2. The third kappa shape index (κ3) is 2.81. The van der Waals surface area contributed by atoms with E-state index in [1.54, 1.807) is 4.90 Å². The van der Waals surface area contributed by atoms with Gasteiger partial charge in [0.15, 0.2) is 0 Å². The van der Waals surface area contributed by atoms with Crippen LogP contribution in [0, 0.1) is 0 Å². The van der Waals surface area contributed by atoms with Crippen molar-refractivity contribution < 1.29 is 0 Å². The molecule has 0 aliphatic rings. The van der Waals surface area contributed by atoms with E-state index < -0.39 is 0 Å². The van der Waals surface area contributed by atoms with Crippen LogP contribution in [-0.4, -0.2) is 17.9 Å². The zero-order chi connectivity index (χ0) is 10.6. The summed E-state index contributed by atoms with van der Waals surface area (Å²) in [5.41, 5.74) is 6.58. The Balaban J connectivity index is 2.69. The molecule has 76 valence electrons. The molecule has 0 aromatic heterocycles. The molecule has 0 bridgehead atoms. The van der Waals surface area contributed by atoms with Crippen molar-refractivity contribution in [2.24, 2.45) is 16.7 Å². The molecule has 0 aliphatic heterocycles. The fourth-order valence-electron chi connectivity index (χ4n) is 1.09. The van der Waals surface area contributed by atoms with E-state index in [1.165, 1.54) is 0 Å². The maximum Gasteiger partial charge on any atom is 0.213 e. The first-order chi connectivity index (χ1) is 6.63. The summed E-state index contributed by atoms with van der Waals surface area (Å²) >= 11 is 5.84. The zero-order valence-electron chi connectivity index (χ0n) is 7.94. The number of benzene rings is 1. The van der Waals surface area contributed by atoms with E-state index in [2.05, 4.69) is 5.10 Å². The van der Waals surface area contributed by atoms with Gasteiger partial charge in [-0.2, -0.15) is 0 Å². The fourth-order valence-corrected chi connectivity index (χ4v) is 1.30. The highest BCUT2D eigenvalue weighted by molar-refractivity contribution is 6.30. The molecule has 4 nitrogen and oxygen atoms in total. The first-order valence-corrected chi connectivity index (χ1v) is 4.50. The van der Waals surface area contributed by atoms with Crippen molar-refractivity contribution in [2.45, 2.75) is 6.54 Å². The van der Waals surface area contributed by atoms with E-state index >= 15 is 0 Å². The highest BCUT2D eigenvalue weighted by Crippen LogP contribution is 2.11. The number of hydrogen-bond acceptors (Lipinski definition) is 2. The summed E-state index contributed by atoms with van der Waals surface area (Å²) < 4.78 is 0. The van der Waals surface area contributed by atoms with E-state index in [4.69, 9.17) is 23.2 Å². The van der Waals surface area contributed by atoms with Crippen molar-refractivity contribution in [2.75, 3.05) is 7.05 Å². The highest BCUT2D eigenvalue weighted by atomic mass is 35.5. The molecule has 0 spiro atoms. The Bertz CT molecular complexity index is 337. The largest absolute Gasteiger partial charge is 0.368 e. The van der Waals surface area contributed by atoms with Crippen molar-refractivity contribution >= 4 is 17.6 Å². The lowest BCUT2D eigenvalue weighted by atomic mass is 10.2. The van der Waals surface area contributed by atoms with Crippen LogP contribution in [0.15, 0.2) is 29.4 Å². The molecule has 0 unspecified atom stereocenters. The van der Waals surface area contributed by atoms with Crippen LogP contribution in [0.25, 0.3) is 0 Å². The van der Waals surface area contributed by atoms with E-state index in [9.17, 15) is 0 Å². The molecule has 4 N–H and O–H groups in total. The molecule has 1 aromatic carbocycles. The van der Waals surface area contributed by atoms with Gasteiger partial charge in [0.25, 0.3) is 0 Å². The standard InChI is InChI=1S/C9H13ClN4/c1-14(9(11)13-12)6-7-3-2-4-8(10)5-7/h2-5H,6,12H2,1H3,(H2,11,13). The van der Waals surface area contributed by atoms with Gasteiger partial charge in [-0.1, -0.05) is 23.7 Å². The molecule has 1 rings (SSSR count). The number of guanidine groups is 1. The summed E-state index contributed by atoms with van der Waals surface area (Å²) in [5.74, 6) is 5.35. The molecule has 1 aromatic rings. The lowest BCUT2D eigenvalue weighted by molar-refractivity contribution is 0.492. The summed E-state index contributed by atoms with van der Waals surface area (Å²) in [6, 6.07) is 7.56. The van der Waals surface area contributed by atoms with Crippen LogP contribution < -0.4 is 11.6 Å². The smallest absolute Gasteiger partial charge is 0.213 e. The third-order valence-corrected chi connectivity index (χ3v) is 2.07. The Morgan fingerprint density at radius 1 is 1.57 bits per heavy atom. The average Bonchev–Trinajstić information content (AvgIpc) is 2.16. The van der Waals surface area contributed by atoms with Gasteiger partial charge in [0.05, 0.1) is 0 Å². The zero-order valence-corrected chi connectivity index (χ0v) is 8.70. The Morgan fingerprint density at radius 3 is 2.86 bits per heavy atom. The Morgan fingerprint density at radius 2 is 2.29 bits per heavy atom. The van der Waals surface area contributed by atoms with Gasteiger partial charge in [-0.15, -0.1) is 5.10 Å². The van der Waals surface area contributed by atoms with Crippen LogP contribution >= 0.6 is 11.6 Å². The topological polar surface area (TPSA) is 67.6 Å². The first kappa shape index (κ1) is 10.7. The maximum atomic E-state index is 5.84. The van der Waals surface area contributed by atoms with E-state index in [0.717, 1.165) is 5.56 Å². The van der Waals surface area contributed by atoms with Gasteiger partial charge in [-0.25, -0.2) is 0 Å². The third-order valence-electron chi connectivity index (χ3n) is 1.83. The van der Waals surface area contributed by atoms with Crippen molar-refractivity contribution in [3.05, 3.63) is 34.9 Å². The lowest BCUT2D eigenvalue weighted by Crippen LogP contribution is -2.34. The predicted molar refractivity (Wildman–Crippen MR) is 58.7 cm³/mol. The quantitative estimate of drug-likeness (QED) is 0.332. The minimum absolute atomic E-state index is 0.296. The van der Waals surface area contributed by atoms with Gasteiger partial charge in [0.1, 0.15) is 0 Å². The van der Waals surface area contributed by atoms with E-state index in [0.29, 0.717) is 17.5 Å².